The first kappa shape index (κ1) is 22.6. The summed E-state index contributed by atoms with van der Waals surface area (Å²) in [6.07, 6.45) is 2.12. The third kappa shape index (κ3) is 7.05. The normalized spacial score (nSPS) is 10.5. The number of nitrogens with one attached hydrogen (secondary N) is 3. The van der Waals surface area contributed by atoms with E-state index in [2.05, 4.69) is 21.2 Å². The Morgan fingerprint density at radius 2 is 1.73 bits per heavy atom. The second-order valence-corrected chi connectivity index (χ2v) is 6.63. The Hall–Kier alpha value is -3.68. The molecular formula is C22H26N4O4. The molecule has 8 nitrogen and oxygen atoms in total. The summed E-state index contributed by atoms with van der Waals surface area (Å²) in [5, 5.41) is 9.08. The van der Waals surface area contributed by atoms with E-state index in [1.165, 1.54) is 6.21 Å². The van der Waals surface area contributed by atoms with Crippen molar-refractivity contribution < 1.29 is 19.1 Å². The number of hydrogen-bond acceptors (Lipinski definition) is 5. The predicted molar refractivity (Wildman–Crippen MR) is 116 cm³/mol. The number of ether oxygens (including phenoxy) is 1. The van der Waals surface area contributed by atoms with Crippen LogP contribution < -0.4 is 20.8 Å². The number of aryl methyl sites for hydroxylation is 2. The molecule has 3 amide bonds. The van der Waals surface area contributed by atoms with Crippen molar-refractivity contribution in [1.82, 2.24) is 10.7 Å². The molecule has 0 aliphatic rings. The Morgan fingerprint density at radius 1 is 1.03 bits per heavy atom. The van der Waals surface area contributed by atoms with Gasteiger partial charge >= 0.3 is 11.8 Å². The SMILES string of the molecule is CCCNC(=O)C(=O)N/N=C\c1cccc(OCC(=O)Nc2c(C)cccc2C)c1. The fourth-order valence-corrected chi connectivity index (χ4v) is 2.56. The van der Waals surface area contributed by atoms with E-state index in [-0.39, 0.29) is 12.5 Å². The summed E-state index contributed by atoms with van der Waals surface area (Å²) in [5.74, 6) is -1.37. The number of para-hydroxylation sites is 1. The van der Waals surface area contributed by atoms with Crippen molar-refractivity contribution in [1.29, 1.82) is 0 Å². The first-order chi connectivity index (χ1) is 14.4. The highest BCUT2D eigenvalue weighted by Gasteiger charge is 2.11. The molecule has 0 bridgehead atoms. The number of amides is 3. The molecule has 0 heterocycles. The highest BCUT2D eigenvalue weighted by molar-refractivity contribution is 6.35. The molecular weight excluding hydrogens is 384 g/mol. The Morgan fingerprint density at radius 3 is 2.43 bits per heavy atom. The second kappa shape index (κ2) is 11.4. The van der Waals surface area contributed by atoms with Crippen molar-refractivity contribution in [3.05, 3.63) is 59.2 Å². The minimum absolute atomic E-state index is 0.150. The largest absolute Gasteiger partial charge is 0.484 e. The van der Waals surface area contributed by atoms with Crippen molar-refractivity contribution in [2.24, 2.45) is 5.10 Å². The van der Waals surface area contributed by atoms with Crippen LogP contribution >= 0.6 is 0 Å². The van der Waals surface area contributed by atoms with Gasteiger partial charge in [0, 0.05) is 12.2 Å². The van der Waals surface area contributed by atoms with Crippen LogP contribution in [0.5, 0.6) is 5.75 Å². The summed E-state index contributed by atoms with van der Waals surface area (Å²) in [6.45, 7) is 6.02. The van der Waals surface area contributed by atoms with Gasteiger partial charge in [-0.05, 0) is 49.1 Å². The molecule has 8 heteroatoms. The topological polar surface area (TPSA) is 109 Å². The average molecular weight is 410 g/mol. The van der Waals surface area contributed by atoms with Crippen molar-refractivity contribution >= 4 is 29.6 Å². The maximum atomic E-state index is 12.2. The highest BCUT2D eigenvalue weighted by atomic mass is 16.5. The zero-order valence-corrected chi connectivity index (χ0v) is 17.3. The van der Waals surface area contributed by atoms with Crippen LogP contribution in [0.2, 0.25) is 0 Å². The van der Waals surface area contributed by atoms with Gasteiger partial charge in [0.25, 0.3) is 5.91 Å². The van der Waals surface area contributed by atoms with Crippen LogP contribution in [0.15, 0.2) is 47.6 Å². The van der Waals surface area contributed by atoms with Gasteiger partial charge in [-0.15, -0.1) is 0 Å². The Labute approximate surface area is 175 Å². The summed E-state index contributed by atoms with van der Waals surface area (Å²) in [6, 6.07) is 12.6. The number of anilines is 1. The van der Waals surface area contributed by atoms with Crippen LogP contribution in [0, 0.1) is 13.8 Å². The molecule has 0 aromatic heterocycles. The van der Waals surface area contributed by atoms with Gasteiger partial charge in [-0.3, -0.25) is 14.4 Å². The summed E-state index contributed by atoms with van der Waals surface area (Å²) >= 11 is 0. The maximum absolute atomic E-state index is 12.2. The Bertz CT molecular complexity index is 920. The lowest BCUT2D eigenvalue weighted by molar-refractivity contribution is -0.139. The number of rotatable bonds is 8. The quantitative estimate of drug-likeness (QED) is 0.352. The third-order valence-electron chi connectivity index (χ3n) is 4.10. The first-order valence-electron chi connectivity index (χ1n) is 9.61. The molecule has 3 N–H and O–H groups in total. The molecule has 2 aromatic carbocycles. The van der Waals surface area contributed by atoms with Crippen LogP contribution in [-0.4, -0.2) is 37.1 Å². The van der Waals surface area contributed by atoms with Gasteiger partial charge in [0.1, 0.15) is 5.75 Å². The highest BCUT2D eigenvalue weighted by Crippen LogP contribution is 2.19. The monoisotopic (exact) mass is 410 g/mol. The fraction of sp³-hybridized carbons (Fsp3) is 0.273. The number of hydrogen-bond donors (Lipinski definition) is 3. The molecule has 0 aliphatic carbocycles. The van der Waals surface area contributed by atoms with E-state index in [9.17, 15) is 14.4 Å². The van der Waals surface area contributed by atoms with E-state index in [0.717, 1.165) is 23.2 Å². The molecule has 2 aromatic rings. The molecule has 30 heavy (non-hydrogen) atoms. The smallest absolute Gasteiger partial charge is 0.329 e. The molecule has 0 atom stereocenters. The van der Waals surface area contributed by atoms with E-state index in [0.29, 0.717) is 17.9 Å². The lowest BCUT2D eigenvalue weighted by atomic mass is 10.1. The standard InChI is InChI=1S/C22H26N4O4/c1-4-11-23-21(28)22(29)26-24-13-17-9-6-10-18(12-17)30-14-19(27)25-20-15(2)7-5-8-16(20)3/h5-10,12-13H,4,11,14H2,1-3H3,(H,23,28)(H,25,27)(H,26,29)/b24-13-. The van der Waals surface area contributed by atoms with Gasteiger partial charge in [-0.25, -0.2) is 5.43 Å². The molecule has 0 aliphatic heterocycles. The fourth-order valence-electron chi connectivity index (χ4n) is 2.56. The number of nitrogens with zero attached hydrogens (tertiary/aromatic N) is 1. The summed E-state index contributed by atoms with van der Waals surface area (Å²) in [7, 11) is 0. The maximum Gasteiger partial charge on any atom is 0.329 e. The molecule has 0 saturated carbocycles. The number of carbonyl (C=O) groups excluding carboxylic acids is 3. The molecule has 0 unspecified atom stereocenters. The van der Waals surface area contributed by atoms with Crippen LogP contribution in [0.25, 0.3) is 0 Å². The molecule has 158 valence electrons. The van der Waals surface area contributed by atoms with E-state index >= 15 is 0 Å². The molecule has 0 saturated heterocycles. The van der Waals surface area contributed by atoms with Crippen molar-refractivity contribution in [3.63, 3.8) is 0 Å². The zero-order valence-electron chi connectivity index (χ0n) is 17.3. The van der Waals surface area contributed by atoms with Gasteiger partial charge in [0.15, 0.2) is 6.61 Å². The van der Waals surface area contributed by atoms with Crippen LogP contribution in [0.1, 0.15) is 30.0 Å². The lowest BCUT2D eigenvalue weighted by Crippen LogP contribution is -2.38. The summed E-state index contributed by atoms with van der Waals surface area (Å²) in [4.78, 5) is 35.3. The van der Waals surface area contributed by atoms with E-state index < -0.39 is 11.8 Å². The van der Waals surface area contributed by atoms with E-state index in [1.807, 2.05) is 39.0 Å². The first-order valence-corrected chi connectivity index (χ1v) is 9.61. The van der Waals surface area contributed by atoms with Gasteiger partial charge in [0.2, 0.25) is 0 Å². The Kier molecular flexibility index (Phi) is 8.56. The van der Waals surface area contributed by atoms with Crippen molar-refractivity contribution in [3.8, 4) is 5.75 Å². The molecule has 2 rings (SSSR count). The molecule has 0 spiro atoms. The third-order valence-corrected chi connectivity index (χ3v) is 4.10. The van der Waals surface area contributed by atoms with Crippen molar-refractivity contribution in [2.75, 3.05) is 18.5 Å². The number of benzene rings is 2. The van der Waals surface area contributed by atoms with Gasteiger partial charge < -0.3 is 15.4 Å². The number of carbonyl (C=O) groups is 3. The van der Waals surface area contributed by atoms with E-state index in [4.69, 9.17) is 4.74 Å². The van der Waals surface area contributed by atoms with Gasteiger partial charge in [-0.1, -0.05) is 37.3 Å². The Balaban J connectivity index is 1.87. The average Bonchev–Trinajstić information content (AvgIpc) is 2.73. The number of hydrazone groups is 1. The van der Waals surface area contributed by atoms with Gasteiger partial charge in [-0.2, -0.15) is 5.10 Å². The molecule has 0 fully saturated rings. The van der Waals surface area contributed by atoms with Crippen LogP contribution in [-0.2, 0) is 14.4 Å². The van der Waals surface area contributed by atoms with E-state index in [1.54, 1.807) is 24.3 Å². The molecule has 0 radical (unpaired) electrons. The zero-order chi connectivity index (χ0) is 21.9. The predicted octanol–water partition coefficient (Wildman–Crippen LogP) is 2.30. The minimum Gasteiger partial charge on any atom is -0.484 e. The summed E-state index contributed by atoms with van der Waals surface area (Å²) in [5.41, 5.74) is 5.54. The van der Waals surface area contributed by atoms with Crippen LogP contribution in [0.3, 0.4) is 0 Å². The van der Waals surface area contributed by atoms with Gasteiger partial charge in [0.05, 0.1) is 6.21 Å². The summed E-state index contributed by atoms with van der Waals surface area (Å²) < 4.78 is 5.55. The van der Waals surface area contributed by atoms with Crippen molar-refractivity contribution in [2.45, 2.75) is 27.2 Å². The second-order valence-electron chi connectivity index (χ2n) is 6.63. The lowest BCUT2D eigenvalue weighted by Gasteiger charge is -2.12. The minimum atomic E-state index is -0.838. The van der Waals surface area contributed by atoms with Crippen LogP contribution in [0.4, 0.5) is 5.69 Å².